The molecule has 0 saturated carbocycles. The SMILES string of the molecule is CC(N)CCCC(C)C(=O)c1ccc(C(C)(C)C)cc1. The van der Waals surface area contributed by atoms with Crippen LogP contribution in [0.1, 0.15) is 69.8 Å². The Morgan fingerprint density at radius 1 is 1.10 bits per heavy atom. The molecule has 0 amide bonds. The van der Waals surface area contributed by atoms with E-state index in [2.05, 4.69) is 32.9 Å². The first-order chi connectivity index (χ1) is 9.21. The summed E-state index contributed by atoms with van der Waals surface area (Å²) >= 11 is 0. The number of ketones is 1. The first-order valence-corrected chi connectivity index (χ1v) is 7.62. The quantitative estimate of drug-likeness (QED) is 0.786. The second-order valence-electron chi connectivity index (χ2n) is 7.00. The number of benzene rings is 1. The van der Waals surface area contributed by atoms with Gasteiger partial charge in [-0.05, 0) is 30.7 Å². The molecule has 1 aromatic carbocycles. The summed E-state index contributed by atoms with van der Waals surface area (Å²) in [4.78, 5) is 12.4. The Bertz CT molecular complexity index is 426. The van der Waals surface area contributed by atoms with Crippen LogP contribution in [0.25, 0.3) is 0 Å². The predicted molar refractivity (Wildman–Crippen MR) is 86.1 cm³/mol. The Labute approximate surface area is 123 Å². The molecule has 0 aromatic heterocycles. The van der Waals surface area contributed by atoms with Crippen LogP contribution in [0.4, 0.5) is 0 Å². The van der Waals surface area contributed by atoms with Gasteiger partial charge in [-0.25, -0.2) is 0 Å². The van der Waals surface area contributed by atoms with Crippen LogP contribution < -0.4 is 5.73 Å². The van der Waals surface area contributed by atoms with E-state index < -0.39 is 0 Å². The molecule has 1 aromatic rings. The minimum absolute atomic E-state index is 0.0780. The molecule has 2 N–H and O–H groups in total. The maximum atomic E-state index is 12.4. The molecule has 20 heavy (non-hydrogen) atoms. The molecule has 0 bridgehead atoms. The normalized spacial score (nSPS) is 14.9. The van der Waals surface area contributed by atoms with Crippen molar-refractivity contribution in [3.8, 4) is 0 Å². The van der Waals surface area contributed by atoms with E-state index in [1.54, 1.807) is 0 Å². The Morgan fingerprint density at radius 3 is 2.10 bits per heavy atom. The second-order valence-corrected chi connectivity index (χ2v) is 7.00. The minimum Gasteiger partial charge on any atom is -0.328 e. The first kappa shape index (κ1) is 16.9. The molecule has 2 nitrogen and oxygen atoms in total. The van der Waals surface area contributed by atoms with Gasteiger partial charge >= 0.3 is 0 Å². The number of hydrogen-bond donors (Lipinski definition) is 1. The van der Waals surface area contributed by atoms with Gasteiger partial charge in [0.05, 0.1) is 0 Å². The van der Waals surface area contributed by atoms with Crippen LogP contribution >= 0.6 is 0 Å². The molecule has 2 unspecified atom stereocenters. The van der Waals surface area contributed by atoms with Crippen molar-refractivity contribution >= 4 is 5.78 Å². The molecule has 2 heteroatoms. The number of carbonyl (C=O) groups is 1. The first-order valence-electron chi connectivity index (χ1n) is 7.62. The summed E-state index contributed by atoms with van der Waals surface area (Å²) in [5.41, 5.74) is 7.96. The Kier molecular flexibility index (Phi) is 5.94. The van der Waals surface area contributed by atoms with E-state index in [9.17, 15) is 4.79 Å². The van der Waals surface area contributed by atoms with Crippen LogP contribution in [0.2, 0.25) is 0 Å². The average Bonchev–Trinajstić information content (AvgIpc) is 2.36. The third-order valence-corrected chi connectivity index (χ3v) is 3.78. The molecule has 112 valence electrons. The second kappa shape index (κ2) is 7.03. The van der Waals surface area contributed by atoms with E-state index in [0.717, 1.165) is 24.8 Å². The van der Waals surface area contributed by atoms with Crippen molar-refractivity contribution in [2.75, 3.05) is 0 Å². The lowest BCUT2D eigenvalue weighted by atomic mass is 9.85. The average molecular weight is 275 g/mol. The smallest absolute Gasteiger partial charge is 0.165 e. The van der Waals surface area contributed by atoms with Crippen LogP contribution in [0, 0.1) is 5.92 Å². The molecule has 0 aliphatic heterocycles. The highest BCUT2D eigenvalue weighted by Gasteiger charge is 2.17. The number of hydrogen-bond acceptors (Lipinski definition) is 2. The third-order valence-electron chi connectivity index (χ3n) is 3.78. The zero-order valence-corrected chi connectivity index (χ0v) is 13.6. The molecule has 0 heterocycles. The lowest BCUT2D eigenvalue weighted by Gasteiger charge is -2.19. The number of rotatable bonds is 6. The summed E-state index contributed by atoms with van der Waals surface area (Å²) in [7, 11) is 0. The monoisotopic (exact) mass is 275 g/mol. The van der Waals surface area contributed by atoms with E-state index in [1.165, 1.54) is 5.56 Å². The number of carbonyl (C=O) groups excluding carboxylic acids is 1. The van der Waals surface area contributed by atoms with Crippen LogP contribution in [-0.4, -0.2) is 11.8 Å². The molecular weight excluding hydrogens is 246 g/mol. The minimum atomic E-state index is 0.0780. The summed E-state index contributed by atoms with van der Waals surface area (Å²) in [6.07, 6.45) is 2.92. The van der Waals surface area contributed by atoms with Crippen LogP contribution in [-0.2, 0) is 5.41 Å². The van der Waals surface area contributed by atoms with Gasteiger partial charge in [-0.3, -0.25) is 4.79 Å². The Morgan fingerprint density at radius 2 is 1.65 bits per heavy atom. The molecule has 0 aliphatic carbocycles. The maximum absolute atomic E-state index is 12.4. The summed E-state index contributed by atoms with van der Waals surface area (Å²) in [5, 5.41) is 0. The van der Waals surface area contributed by atoms with Crippen LogP contribution in [0.3, 0.4) is 0 Å². The highest BCUT2D eigenvalue weighted by atomic mass is 16.1. The molecule has 0 spiro atoms. The largest absolute Gasteiger partial charge is 0.328 e. The van der Waals surface area contributed by atoms with Gasteiger partial charge in [-0.2, -0.15) is 0 Å². The van der Waals surface area contributed by atoms with Crippen molar-refractivity contribution < 1.29 is 4.79 Å². The fraction of sp³-hybridized carbons (Fsp3) is 0.611. The fourth-order valence-electron chi connectivity index (χ4n) is 2.30. The van der Waals surface area contributed by atoms with E-state index in [0.29, 0.717) is 0 Å². The Hall–Kier alpha value is -1.15. The zero-order chi connectivity index (χ0) is 15.3. The van der Waals surface area contributed by atoms with Gasteiger partial charge in [0, 0.05) is 17.5 Å². The van der Waals surface area contributed by atoms with Crippen molar-refractivity contribution in [2.24, 2.45) is 11.7 Å². The topological polar surface area (TPSA) is 43.1 Å². The van der Waals surface area contributed by atoms with Crippen LogP contribution in [0.15, 0.2) is 24.3 Å². The van der Waals surface area contributed by atoms with Crippen molar-refractivity contribution in [3.05, 3.63) is 35.4 Å². The Balaban J connectivity index is 2.63. The van der Waals surface area contributed by atoms with E-state index in [4.69, 9.17) is 5.73 Å². The molecule has 0 radical (unpaired) electrons. The standard InChI is InChI=1S/C18H29NO/c1-13(7-6-8-14(2)19)17(20)15-9-11-16(12-10-15)18(3,4)5/h9-14H,6-8,19H2,1-5H3. The molecular formula is C18H29NO. The summed E-state index contributed by atoms with van der Waals surface area (Å²) in [5.74, 6) is 0.323. The highest BCUT2D eigenvalue weighted by Crippen LogP contribution is 2.23. The lowest BCUT2D eigenvalue weighted by molar-refractivity contribution is 0.0922. The third kappa shape index (κ3) is 5.09. The summed E-state index contributed by atoms with van der Waals surface area (Å²) in [6.45, 7) is 10.6. The number of Topliss-reactive ketones (excluding diaryl/α,β-unsaturated/α-hetero) is 1. The van der Waals surface area contributed by atoms with E-state index in [-0.39, 0.29) is 23.2 Å². The maximum Gasteiger partial charge on any atom is 0.165 e. The van der Waals surface area contributed by atoms with Gasteiger partial charge < -0.3 is 5.73 Å². The zero-order valence-electron chi connectivity index (χ0n) is 13.6. The van der Waals surface area contributed by atoms with Gasteiger partial charge in [-0.15, -0.1) is 0 Å². The van der Waals surface area contributed by atoms with Gasteiger partial charge in [0.25, 0.3) is 0 Å². The van der Waals surface area contributed by atoms with E-state index >= 15 is 0 Å². The molecule has 0 fully saturated rings. The fourth-order valence-corrected chi connectivity index (χ4v) is 2.30. The number of nitrogens with two attached hydrogens (primary N) is 1. The molecule has 0 saturated heterocycles. The van der Waals surface area contributed by atoms with E-state index in [1.807, 2.05) is 26.0 Å². The highest BCUT2D eigenvalue weighted by molar-refractivity contribution is 5.97. The van der Waals surface area contributed by atoms with Crippen molar-refractivity contribution in [1.29, 1.82) is 0 Å². The van der Waals surface area contributed by atoms with Crippen molar-refractivity contribution in [2.45, 2.75) is 65.3 Å². The predicted octanol–water partition coefficient (Wildman–Crippen LogP) is 4.32. The van der Waals surface area contributed by atoms with Gasteiger partial charge in [0.1, 0.15) is 0 Å². The molecule has 0 aliphatic rings. The summed E-state index contributed by atoms with van der Waals surface area (Å²) in [6, 6.07) is 8.29. The molecule has 2 atom stereocenters. The molecule has 1 rings (SSSR count). The van der Waals surface area contributed by atoms with Crippen LogP contribution in [0.5, 0.6) is 0 Å². The lowest BCUT2D eigenvalue weighted by Crippen LogP contribution is -2.17. The van der Waals surface area contributed by atoms with Gasteiger partial charge in [-0.1, -0.05) is 58.4 Å². The van der Waals surface area contributed by atoms with Crippen molar-refractivity contribution in [1.82, 2.24) is 0 Å². The van der Waals surface area contributed by atoms with Gasteiger partial charge in [0.15, 0.2) is 5.78 Å². The van der Waals surface area contributed by atoms with Crippen molar-refractivity contribution in [3.63, 3.8) is 0 Å². The summed E-state index contributed by atoms with van der Waals surface area (Å²) < 4.78 is 0. The van der Waals surface area contributed by atoms with Gasteiger partial charge in [0.2, 0.25) is 0 Å².